The smallest absolute Gasteiger partial charge is 0.307 e. The van der Waals surface area contributed by atoms with Gasteiger partial charge in [0.2, 0.25) is 5.91 Å². The maximum Gasteiger partial charge on any atom is 0.307 e. The normalized spacial score (nSPS) is 13.9. The van der Waals surface area contributed by atoms with E-state index in [9.17, 15) is 32.3 Å². The molecule has 9 rings (SSSR count). The molecular weight excluding hydrogens is 978 g/mol. The molecule has 0 aliphatic heterocycles. The molecule has 3 heterocycles. The summed E-state index contributed by atoms with van der Waals surface area (Å²) in [6.45, 7) is 8.82. The zero-order valence-electron chi connectivity index (χ0n) is 43.1. The first-order chi connectivity index (χ1) is 35.8. The van der Waals surface area contributed by atoms with Crippen molar-refractivity contribution in [1.29, 1.82) is 0 Å². The van der Waals surface area contributed by atoms with E-state index in [1.54, 1.807) is 48.9 Å². The third kappa shape index (κ3) is 17.3. The van der Waals surface area contributed by atoms with Gasteiger partial charge < -0.3 is 44.3 Å². The molecule has 3 aromatic heterocycles. The molecule has 0 radical (unpaired) electrons. The molecule has 3 aliphatic rings. The van der Waals surface area contributed by atoms with Crippen molar-refractivity contribution in [1.82, 2.24) is 15.1 Å². The molecule has 16 heteroatoms. The summed E-state index contributed by atoms with van der Waals surface area (Å²) < 4.78 is 55.7. The Bertz CT molecular complexity index is 3090. The van der Waals surface area contributed by atoms with Crippen LogP contribution in [0.4, 0.5) is 13.2 Å². The number of benzene rings is 3. The Hall–Kier alpha value is -8.05. The van der Waals surface area contributed by atoms with Crippen LogP contribution in [0, 0.1) is 17.5 Å². The second-order valence-electron chi connectivity index (χ2n) is 18.2. The number of aldehydes is 1. The van der Waals surface area contributed by atoms with Crippen molar-refractivity contribution in [3.05, 3.63) is 195 Å². The first-order valence-electron chi connectivity index (χ1n) is 24.0. The number of carbonyl (C=O) groups is 4. The van der Waals surface area contributed by atoms with Crippen LogP contribution in [0.1, 0.15) is 103 Å². The summed E-state index contributed by atoms with van der Waals surface area (Å²) in [6.07, 6.45) is 9.91. The maximum absolute atomic E-state index is 13.8. The van der Waals surface area contributed by atoms with Gasteiger partial charge in [-0.1, -0.05) is 31.2 Å². The van der Waals surface area contributed by atoms with Crippen molar-refractivity contribution in [2.45, 2.75) is 53.9 Å². The van der Waals surface area contributed by atoms with E-state index in [2.05, 4.69) is 14.6 Å². The van der Waals surface area contributed by atoms with Crippen LogP contribution in [0.3, 0.4) is 0 Å². The van der Waals surface area contributed by atoms with Crippen LogP contribution >= 0.6 is 0 Å². The number of furan rings is 3. The van der Waals surface area contributed by atoms with Gasteiger partial charge in [-0.3, -0.25) is 19.2 Å². The molecule has 0 atom stereocenters. The number of hydrogen-bond donors (Lipinski definition) is 4. The predicted molar refractivity (Wildman–Crippen MR) is 293 cm³/mol. The highest BCUT2D eigenvalue weighted by molar-refractivity contribution is 6.08. The van der Waals surface area contributed by atoms with Crippen LogP contribution in [0.25, 0.3) is 40.0 Å². The Morgan fingerprint density at radius 3 is 1.43 bits per heavy atom. The van der Waals surface area contributed by atoms with Gasteiger partial charge in [-0.15, -0.1) is 0 Å². The zero-order valence-corrected chi connectivity index (χ0v) is 43.1. The number of fused-ring (bicyclic) bond motifs is 3. The molecule has 5 N–H and O–H groups in total. The predicted octanol–water partition coefficient (Wildman–Crippen LogP) is 11.9. The summed E-state index contributed by atoms with van der Waals surface area (Å²) in [5, 5.41) is 20.7. The minimum Gasteiger partial charge on any atom is -0.481 e. The van der Waals surface area contributed by atoms with Crippen molar-refractivity contribution >= 4 is 64.1 Å². The molecule has 1 amide bonds. The molecule has 3 aromatic carbocycles. The van der Waals surface area contributed by atoms with Crippen LogP contribution in [-0.4, -0.2) is 98.5 Å². The topological polar surface area (TPSA) is 193 Å². The van der Waals surface area contributed by atoms with Gasteiger partial charge in [0.15, 0.2) is 12.0 Å². The lowest BCUT2D eigenvalue weighted by molar-refractivity contribution is -0.136. The number of carboxylic acids is 2. The summed E-state index contributed by atoms with van der Waals surface area (Å²) in [6, 6.07) is 24.3. The molecule has 13 nitrogen and oxygen atoms in total. The lowest BCUT2D eigenvalue weighted by Crippen LogP contribution is -2.31. The molecule has 0 saturated heterocycles. The fourth-order valence-electron chi connectivity index (χ4n) is 8.41. The van der Waals surface area contributed by atoms with Gasteiger partial charge in [0.05, 0.1) is 38.1 Å². The minimum atomic E-state index is -0.932. The lowest BCUT2D eigenvalue weighted by atomic mass is 10.0. The molecule has 76 heavy (non-hydrogen) atoms. The fourth-order valence-corrected chi connectivity index (χ4v) is 8.41. The number of likely N-dealkylation sites (N-methyl/N-ethyl adjacent to an activating group) is 2. The van der Waals surface area contributed by atoms with Gasteiger partial charge in [-0.2, -0.15) is 0 Å². The van der Waals surface area contributed by atoms with E-state index < -0.39 is 11.9 Å². The molecule has 0 fully saturated rings. The van der Waals surface area contributed by atoms with Crippen LogP contribution in [-0.2, 0) is 20.8 Å². The molecule has 0 unspecified atom stereocenters. The number of nitrogens with two attached hydrogens (primary N) is 1. The largest absolute Gasteiger partial charge is 0.481 e. The minimum absolute atomic E-state index is 0. The van der Waals surface area contributed by atoms with Crippen molar-refractivity contribution in [3.8, 4) is 0 Å². The van der Waals surface area contributed by atoms with Crippen LogP contribution in [0.2, 0.25) is 0 Å². The Labute approximate surface area is 442 Å². The Kier molecular flexibility index (Phi) is 23.2. The van der Waals surface area contributed by atoms with Crippen molar-refractivity contribution in [2.75, 3.05) is 54.4 Å². The van der Waals surface area contributed by atoms with E-state index in [0.29, 0.717) is 35.5 Å². The maximum atomic E-state index is 13.8. The standard InChI is InChI=1S/C21H23FN2O2.C17H13FO3.C12H11FO2.C5H4O2.C4H12N2.CH4/c1-14-18(12-16-5-4-10-26-16)17-7-6-15(22)11-20(17)19(14)13-21(25)23-8-9-24(2)3;1-10-14(8-12-3-2-6-21-12)13-5-4-11(18)7-16(13)15(10)9-17(19)20;1-7-4-8-2-3-9(13)5-11(8)10(7)6-12(14)15;6-4-5-2-1-3-7-5;1-6(2)4-3-5;/h4-7,10-12H,8-9,13H2,1-3H3,(H,23,25);2-8H,9H2,1H3,(H,19,20);2-3,5H,4,6H2,1H3,(H,14,15);1-4H;3-5H2,1-2H3;1H4/b18-12-;14-8-;;;;. The second-order valence-corrected chi connectivity index (χ2v) is 18.2. The first kappa shape index (κ1) is 60.5. The Morgan fingerprint density at radius 2 is 1.04 bits per heavy atom. The third-order valence-corrected chi connectivity index (χ3v) is 12.0. The van der Waals surface area contributed by atoms with Gasteiger partial charge in [-0.05, 0) is 213 Å². The quantitative estimate of drug-likeness (QED) is 0.0756. The number of aliphatic carboxylic acids is 2. The monoisotopic (exact) mass is 1040 g/mol. The van der Waals surface area contributed by atoms with Crippen molar-refractivity contribution in [2.24, 2.45) is 5.73 Å². The zero-order chi connectivity index (χ0) is 54.8. The highest BCUT2D eigenvalue weighted by Gasteiger charge is 2.28. The van der Waals surface area contributed by atoms with E-state index in [1.807, 2.05) is 84.2 Å². The Morgan fingerprint density at radius 1 is 0.605 bits per heavy atom. The van der Waals surface area contributed by atoms with E-state index in [1.165, 1.54) is 42.7 Å². The number of rotatable bonds is 14. The summed E-state index contributed by atoms with van der Waals surface area (Å²) in [5.41, 5.74) is 17.1. The second kappa shape index (κ2) is 29.1. The average Bonchev–Trinajstić information content (AvgIpc) is 4.25. The summed E-state index contributed by atoms with van der Waals surface area (Å²) in [7, 11) is 7.93. The van der Waals surface area contributed by atoms with Gasteiger partial charge in [0, 0.05) is 26.2 Å². The van der Waals surface area contributed by atoms with E-state index in [0.717, 1.165) is 98.6 Å². The number of carboxylic acid groups (broad SMARTS) is 2. The molecule has 0 bridgehead atoms. The van der Waals surface area contributed by atoms with E-state index in [4.69, 9.17) is 24.8 Å². The summed E-state index contributed by atoms with van der Waals surface area (Å²) in [4.78, 5) is 47.9. The molecule has 0 spiro atoms. The van der Waals surface area contributed by atoms with Crippen LogP contribution in [0.5, 0.6) is 0 Å². The SMILES string of the molecule is C.CC1=C(CC(=O)NCCN(C)C)c2cc(F)ccc2/C1=C\c1ccco1.CC1=C(CC(=O)O)c2cc(F)ccc2/C1=C\c1ccco1.CC1=C(CC(=O)O)c2cc(F)ccc2C1.CN(C)CCN.O=Cc1ccco1. The van der Waals surface area contributed by atoms with Gasteiger partial charge in [-0.25, -0.2) is 13.2 Å². The molecule has 6 aromatic rings. The number of carbonyl (C=O) groups excluding carboxylic acids is 2. The summed E-state index contributed by atoms with van der Waals surface area (Å²) >= 11 is 0. The van der Waals surface area contributed by atoms with Gasteiger partial charge in [0.1, 0.15) is 29.0 Å². The van der Waals surface area contributed by atoms with Gasteiger partial charge >= 0.3 is 11.9 Å². The van der Waals surface area contributed by atoms with E-state index in [-0.39, 0.29) is 50.0 Å². The number of nitrogens with zero attached hydrogens (tertiary/aromatic N) is 2. The first-order valence-corrected chi connectivity index (χ1v) is 24.0. The highest BCUT2D eigenvalue weighted by Crippen LogP contribution is 2.45. The van der Waals surface area contributed by atoms with Crippen molar-refractivity contribution < 1.29 is 55.8 Å². The van der Waals surface area contributed by atoms with Crippen molar-refractivity contribution in [3.63, 3.8) is 0 Å². The number of amides is 1. The number of hydrogen-bond acceptors (Lipinski definition) is 10. The molecule has 402 valence electrons. The number of nitrogens with one attached hydrogen (secondary N) is 1. The van der Waals surface area contributed by atoms with Crippen LogP contribution in [0.15, 0.2) is 140 Å². The Balaban J connectivity index is 0.000000223. The highest BCUT2D eigenvalue weighted by atomic mass is 19.1. The fraction of sp³-hybridized carbons (Fsp3) is 0.267. The molecule has 0 saturated carbocycles. The number of allylic oxidation sites excluding steroid dienone is 5. The lowest BCUT2D eigenvalue weighted by Gasteiger charge is -2.11. The average molecular weight is 1050 g/mol. The van der Waals surface area contributed by atoms with Crippen LogP contribution < -0.4 is 11.1 Å². The van der Waals surface area contributed by atoms with Gasteiger partial charge in [0.25, 0.3) is 0 Å². The molecule has 3 aliphatic carbocycles. The van der Waals surface area contributed by atoms with E-state index >= 15 is 0 Å². The third-order valence-electron chi connectivity index (χ3n) is 12.0. The summed E-state index contributed by atoms with van der Waals surface area (Å²) in [5.74, 6) is -1.07. The number of halogens is 3. The molecular formula is C60H67F3N4O9.